The Morgan fingerprint density at radius 2 is 1.48 bits per heavy atom. The number of rotatable bonds is 3. The fourth-order valence-corrected chi connectivity index (χ4v) is 8.53. The van der Waals surface area contributed by atoms with Gasteiger partial charge >= 0.3 is 0 Å². The van der Waals surface area contributed by atoms with E-state index in [2.05, 4.69) is 31.7 Å². The van der Waals surface area contributed by atoms with Crippen molar-refractivity contribution in [3.05, 3.63) is 41.6 Å². The molecule has 2 fully saturated rings. The standard InChI is InChI=1S/C20H30P/c1-16-10-9-11-17(2)20(16)21(18-12-5-3-6-13-18)19-14-7-4-8-15-19/h9-11,18-19H,1,3-8,12-15H2,2H3/q-1. The largest absolute Gasteiger partial charge is 0.171 e. The number of hydrogen-bond donors (Lipinski definition) is 0. The molecule has 0 aromatic heterocycles. The third-order valence-electron chi connectivity index (χ3n) is 5.52. The zero-order valence-corrected chi connectivity index (χ0v) is 14.5. The van der Waals surface area contributed by atoms with Crippen LogP contribution >= 0.6 is 7.92 Å². The fourth-order valence-electron chi connectivity index (χ4n) is 4.47. The molecule has 0 saturated heterocycles. The lowest BCUT2D eigenvalue weighted by Crippen LogP contribution is -2.25. The second-order valence-electron chi connectivity index (χ2n) is 7.07. The van der Waals surface area contributed by atoms with E-state index in [4.69, 9.17) is 0 Å². The Morgan fingerprint density at radius 1 is 0.952 bits per heavy atom. The highest BCUT2D eigenvalue weighted by Gasteiger charge is 2.34. The van der Waals surface area contributed by atoms with Gasteiger partial charge in [0.2, 0.25) is 0 Å². The molecule has 0 atom stereocenters. The molecule has 3 rings (SSSR count). The molecular weight excluding hydrogens is 271 g/mol. The quantitative estimate of drug-likeness (QED) is 0.400. The Labute approximate surface area is 132 Å². The fraction of sp³-hybridized carbons (Fsp3) is 0.650. The highest BCUT2D eigenvalue weighted by Crippen LogP contribution is 2.66. The second-order valence-corrected chi connectivity index (χ2v) is 9.80. The Kier molecular flexibility index (Phi) is 5.28. The first-order valence-electron chi connectivity index (χ1n) is 8.97. The predicted octanol–water partition coefficient (Wildman–Crippen LogP) is 6.74. The van der Waals surface area contributed by atoms with Gasteiger partial charge in [-0.2, -0.15) is 6.58 Å². The average Bonchev–Trinajstić information content (AvgIpc) is 2.53. The van der Waals surface area contributed by atoms with E-state index in [0.717, 1.165) is 11.3 Å². The van der Waals surface area contributed by atoms with Crippen LogP contribution in [-0.2, 0) is 0 Å². The lowest BCUT2D eigenvalue weighted by molar-refractivity contribution is 0.485. The van der Waals surface area contributed by atoms with E-state index in [-0.39, 0.29) is 7.92 Å². The molecule has 1 heteroatoms. The Hall–Kier alpha value is -0.480. The molecule has 116 valence electrons. The molecule has 0 aromatic carbocycles. The summed E-state index contributed by atoms with van der Waals surface area (Å²) in [6.07, 6.45) is 21.5. The van der Waals surface area contributed by atoms with Gasteiger partial charge in [-0.05, 0) is 37.0 Å². The van der Waals surface area contributed by atoms with Crippen molar-refractivity contribution in [3.8, 4) is 0 Å². The van der Waals surface area contributed by atoms with Crippen molar-refractivity contribution in [3.63, 3.8) is 0 Å². The Bertz CT molecular complexity index is 401. The first-order chi connectivity index (χ1) is 10.3. The van der Waals surface area contributed by atoms with Crippen LogP contribution in [0.4, 0.5) is 0 Å². The van der Waals surface area contributed by atoms with Crippen LogP contribution in [0.25, 0.3) is 0 Å². The first-order valence-corrected chi connectivity index (χ1v) is 10.5. The molecular formula is C20H30P-. The minimum atomic E-state index is 0.00373. The summed E-state index contributed by atoms with van der Waals surface area (Å²) >= 11 is 0. The van der Waals surface area contributed by atoms with Crippen molar-refractivity contribution in [1.82, 2.24) is 0 Å². The monoisotopic (exact) mass is 301 g/mol. The second kappa shape index (κ2) is 7.19. The summed E-state index contributed by atoms with van der Waals surface area (Å²) in [5, 5.41) is 0. The minimum absolute atomic E-state index is 0.00373. The van der Waals surface area contributed by atoms with Crippen molar-refractivity contribution in [2.75, 3.05) is 0 Å². The van der Waals surface area contributed by atoms with E-state index in [1.54, 1.807) is 5.66 Å². The van der Waals surface area contributed by atoms with Crippen molar-refractivity contribution in [2.24, 2.45) is 0 Å². The smallest absolute Gasteiger partial charge is 0.0246 e. The number of allylic oxidation sites excluding steroid dienone is 5. The van der Waals surface area contributed by atoms with Crippen molar-refractivity contribution in [1.29, 1.82) is 0 Å². The van der Waals surface area contributed by atoms with Crippen LogP contribution in [0.3, 0.4) is 0 Å². The van der Waals surface area contributed by atoms with E-state index >= 15 is 0 Å². The topological polar surface area (TPSA) is 0 Å². The van der Waals surface area contributed by atoms with E-state index in [1.807, 2.05) is 0 Å². The summed E-state index contributed by atoms with van der Waals surface area (Å²) in [4.78, 5) is 0. The van der Waals surface area contributed by atoms with Gasteiger partial charge in [0.05, 0.1) is 0 Å². The molecule has 0 N–H and O–H groups in total. The van der Waals surface area contributed by atoms with E-state index in [9.17, 15) is 0 Å². The molecule has 0 amide bonds. The van der Waals surface area contributed by atoms with Gasteiger partial charge in [0, 0.05) is 0 Å². The molecule has 0 heterocycles. The van der Waals surface area contributed by atoms with E-state index in [1.165, 1.54) is 75.4 Å². The van der Waals surface area contributed by atoms with Crippen LogP contribution in [0, 0.1) is 5.66 Å². The average molecular weight is 301 g/mol. The molecule has 2 saturated carbocycles. The lowest BCUT2D eigenvalue weighted by Gasteiger charge is -2.48. The predicted molar refractivity (Wildman–Crippen MR) is 95.9 cm³/mol. The highest BCUT2D eigenvalue weighted by atomic mass is 31.1. The summed E-state index contributed by atoms with van der Waals surface area (Å²) in [5.41, 5.74) is 6.50. The maximum Gasteiger partial charge on any atom is -0.0246 e. The van der Waals surface area contributed by atoms with Gasteiger partial charge in [-0.3, -0.25) is 0 Å². The van der Waals surface area contributed by atoms with Gasteiger partial charge in [-0.1, -0.05) is 45.4 Å². The molecule has 3 aliphatic rings. The summed E-state index contributed by atoms with van der Waals surface area (Å²) < 4.78 is 0. The molecule has 21 heavy (non-hydrogen) atoms. The third kappa shape index (κ3) is 3.48. The molecule has 0 bridgehead atoms. The number of hydrogen-bond acceptors (Lipinski definition) is 0. The van der Waals surface area contributed by atoms with Crippen molar-refractivity contribution in [2.45, 2.75) is 82.4 Å². The summed E-state index contributed by atoms with van der Waals surface area (Å²) in [7, 11) is 0.00373. The van der Waals surface area contributed by atoms with Crippen LogP contribution in [0.5, 0.6) is 0 Å². The maximum absolute atomic E-state index is 4.41. The van der Waals surface area contributed by atoms with Gasteiger partial charge in [0.15, 0.2) is 0 Å². The minimum Gasteiger partial charge on any atom is -0.171 e. The molecule has 0 aliphatic heterocycles. The van der Waals surface area contributed by atoms with Crippen molar-refractivity contribution < 1.29 is 0 Å². The van der Waals surface area contributed by atoms with Crippen LogP contribution < -0.4 is 0 Å². The Balaban J connectivity index is 1.85. The van der Waals surface area contributed by atoms with Gasteiger partial charge < -0.3 is 0 Å². The zero-order valence-electron chi connectivity index (χ0n) is 13.6. The summed E-state index contributed by atoms with van der Waals surface area (Å²) in [6.45, 7) is 6.73. The molecule has 0 nitrogen and oxygen atoms in total. The normalized spacial score (nSPS) is 25.5. The van der Waals surface area contributed by atoms with Gasteiger partial charge in [0.1, 0.15) is 0 Å². The lowest BCUT2D eigenvalue weighted by atomic mass is 9.99. The van der Waals surface area contributed by atoms with E-state index < -0.39 is 0 Å². The van der Waals surface area contributed by atoms with Crippen LogP contribution in [0.1, 0.15) is 71.1 Å². The van der Waals surface area contributed by atoms with Gasteiger partial charge in [-0.15, -0.1) is 43.0 Å². The molecule has 3 aliphatic carbocycles. The highest BCUT2D eigenvalue weighted by molar-refractivity contribution is 7.63. The van der Waals surface area contributed by atoms with Crippen LogP contribution in [0.15, 0.2) is 36.0 Å². The van der Waals surface area contributed by atoms with Gasteiger partial charge in [-0.25, -0.2) is 0 Å². The van der Waals surface area contributed by atoms with Gasteiger partial charge in [0.25, 0.3) is 0 Å². The Morgan fingerprint density at radius 3 is 1.95 bits per heavy atom. The summed E-state index contributed by atoms with van der Waals surface area (Å²) in [6, 6.07) is 0. The molecule has 0 radical (unpaired) electrons. The van der Waals surface area contributed by atoms with E-state index in [0.29, 0.717) is 0 Å². The zero-order chi connectivity index (χ0) is 14.7. The molecule has 0 aromatic rings. The molecule has 0 spiro atoms. The first kappa shape index (κ1) is 15.4. The maximum atomic E-state index is 4.41. The SMILES string of the molecule is C=C1C=CC=C(C)[C-]1P(C1CCCCC1)C1CCCCC1. The van der Waals surface area contributed by atoms with Crippen molar-refractivity contribution >= 4 is 7.92 Å². The molecule has 0 unspecified atom stereocenters. The van der Waals surface area contributed by atoms with Crippen LogP contribution in [0.2, 0.25) is 0 Å². The van der Waals surface area contributed by atoms with Crippen LogP contribution in [-0.4, -0.2) is 11.3 Å². The summed E-state index contributed by atoms with van der Waals surface area (Å²) in [5.74, 6) is 0. The third-order valence-corrected chi connectivity index (χ3v) is 9.28.